The molecule has 1 aliphatic heterocycles. The fraction of sp³-hybridized carbons (Fsp3) is 0.875. The molecule has 0 aromatic carbocycles. The Morgan fingerprint density at radius 2 is 2.18 bits per heavy atom. The number of nitrogens with two attached hydrogens (primary N) is 1. The van der Waals surface area contributed by atoms with E-state index < -0.39 is 0 Å². The quantitative estimate of drug-likeness (QED) is 0.447. The Kier molecular flexibility index (Phi) is 2.47. The SMILES string of the molecule is CC(C)(C)C1C/C(=N\N)CS1. The Labute approximate surface area is 72.6 Å². The van der Waals surface area contributed by atoms with E-state index in [4.69, 9.17) is 5.84 Å². The third kappa shape index (κ3) is 2.12. The summed E-state index contributed by atoms with van der Waals surface area (Å²) in [5.41, 5.74) is 1.55. The van der Waals surface area contributed by atoms with Gasteiger partial charge in [-0.2, -0.15) is 16.9 Å². The zero-order chi connectivity index (χ0) is 8.48. The van der Waals surface area contributed by atoms with Crippen molar-refractivity contribution in [3.05, 3.63) is 0 Å². The molecule has 2 N–H and O–H groups in total. The molecule has 0 bridgehead atoms. The van der Waals surface area contributed by atoms with Crippen LogP contribution in [-0.2, 0) is 0 Å². The molecule has 0 amide bonds. The maximum Gasteiger partial charge on any atom is 0.0486 e. The number of rotatable bonds is 0. The van der Waals surface area contributed by atoms with E-state index in [2.05, 4.69) is 25.9 Å². The summed E-state index contributed by atoms with van der Waals surface area (Å²) in [4.78, 5) is 0. The molecule has 1 saturated heterocycles. The Morgan fingerprint density at radius 1 is 1.55 bits per heavy atom. The first-order chi connectivity index (χ1) is 5.04. The normalized spacial score (nSPS) is 29.7. The van der Waals surface area contributed by atoms with Gasteiger partial charge in [-0.05, 0) is 5.41 Å². The molecule has 0 spiro atoms. The second-order valence-corrected chi connectivity index (χ2v) is 5.26. The fourth-order valence-electron chi connectivity index (χ4n) is 1.17. The van der Waals surface area contributed by atoms with Crippen molar-refractivity contribution in [3.8, 4) is 0 Å². The summed E-state index contributed by atoms with van der Waals surface area (Å²) in [5, 5.41) is 4.45. The van der Waals surface area contributed by atoms with Crippen LogP contribution in [-0.4, -0.2) is 16.7 Å². The van der Waals surface area contributed by atoms with E-state index in [0.29, 0.717) is 10.7 Å². The highest BCUT2D eigenvalue weighted by Gasteiger charge is 2.31. The van der Waals surface area contributed by atoms with Crippen molar-refractivity contribution in [2.24, 2.45) is 16.4 Å². The maximum atomic E-state index is 5.21. The molecule has 0 aromatic heterocycles. The van der Waals surface area contributed by atoms with Crippen molar-refractivity contribution in [3.63, 3.8) is 0 Å². The number of nitrogens with zero attached hydrogens (tertiary/aromatic N) is 1. The summed E-state index contributed by atoms with van der Waals surface area (Å²) in [6.07, 6.45) is 1.07. The summed E-state index contributed by atoms with van der Waals surface area (Å²) in [6, 6.07) is 0. The molecule has 0 aromatic rings. The molecule has 1 rings (SSSR count). The molecule has 64 valence electrons. The molecule has 1 unspecified atom stereocenters. The minimum Gasteiger partial charge on any atom is -0.323 e. The zero-order valence-corrected chi connectivity index (χ0v) is 8.24. The van der Waals surface area contributed by atoms with Crippen LogP contribution in [0.2, 0.25) is 0 Å². The van der Waals surface area contributed by atoms with Crippen LogP contribution < -0.4 is 5.84 Å². The molecule has 0 saturated carbocycles. The smallest absolute Gasteiger partial charge is 0.0486 e. The van der Waals surface area contributed by atoms with Gasteiger partial charge in [0, 0.05) is 23.1 Å². The third-order valence-electron chi connectivity index (χ3n) is 2.02. The monoisotopic (exact) mass is 172 g/mol. The summed E-state index contributed by atoms with van der Waals surface area (Å²) in [7, 11) is 0. The van der Waals surface area contributed by atoms with Crippen molar-refractivity contribution < 1.29 is 0 Å². The molecular weight excluding hydrogens is 156 g/mol. The Hall–Kier alpha value is -0.180. The van der Waals surface area contributed by atoms with E-state index in [9.17, 15) is 0 Å². The minimum absolute atomic E-state index is 0.386. The van der Waals surface area contributed by atoms with Crippen LogP contribution in [0.4, 0.5) is 0 Å². The highest BCUT2D eigenvalue weighted by molar-refractivity contribution is 8.01. The van der Waals surface area contributed by atoms with E-state index in [1.807, 2.05) is 11.8 Å². The van der Waals surface area contributed by atoms with Gasteiger partial charge in [0.25, 0.3) is 0 Å². The predicted molar refractivity (Wildman–Crippen MR) is 51.9 cm³/mol. The van der Waals surface area contributed by atoms with Gasteiger partial charge < -0.3 is 5.84 Å². The van der Waals surface area contributed by atoms with Crippen molar-refractivity contribution in [2.75, 3.05) is 5.75 Å². The summed E-state index contributed by atoms with van der Waals surface area (Å²) in [6.45, 7) is 6.80. The first-order valence-electron chi connectivity index (χ1n) is 3.91. The molecule has 0 aliphatic carbocycles. The lowest BCUT2D eigenvalue weighted by molar-refractivity contribution is 0.403. The van der Waals surface area contributed by atoms with E-state index in [1.54, 1.807) is 0 Å². The number of hydrogen-bond donors (Lipinski definition) is 1. The molecule has 2 nitrogen and oxygen atoms in total. The fourth-order valence-corrected chi connectivity index (χ4v) is 2.57. The topological polar surface area (TPSA) is 38.4 Å². The van der Waals surface area contributed by atoms with Gasteiger partial charge in [-0.15, -0.1) is 0 Å². The van der Waals surface area contributed by atoms with Crippen LogP contribution >= 0.6 is 11.8 Å². The zero-order valence-electron chi connectivity index (χ0n) is 7.42. The van der Waals surface area contributed by atoms with Crippen LogP contribution in [0.1, 0.15) is 27.2 Å². The van der Waals surface area contributed by atoms with Gasteiger partial charge in [-0.1, -0.05) is 20.8 Å². The maximum absolute atomic E-state index is 5.21. The van der Waals surface area contributed by atoms with Crippen molar-refractivity contribution in [2.45, 2.75) is 32.4 Å². The second kappa shape index (κ2) is 3.05. The second-order valence-electron chi connectivity index (χ2n) is 4.07. The number of thioether (sulfide) groups is 1. The molecule has 0 radical (unpaired) electrons. The van der Waals surface area contributed by atoms with Gasteiger partial charge in [-0.25, -0.2) is 0 Å². The number of hydrogen-bond acceptors (Lipinski definition) is 3. The van der Waals surface area contributed by atoms with Gasteiger partial charge in [0.15, 0.2) is 0 Å². The summed E-state index contributed by atoms with van der Waals surface area (Å²) in [5.74, 6) is 6.24. The Bertz CT molecular complexity index is 169. The van der Waals surface area contributed by atoms with Crippen molar-refractivity contribution in [1.82, 2.24) is 0 Å². The van der Waals surface area contributed by atoms with Crippen LogP contribution in [0.15, 0.2) is 5.10 Å². The van der Waals surface area contributed by atoms with E-state index in [0.717, 1.165) is 17.9 Å². The van der Waals surface area contributed by atoms with Crippen LogP contribution in [0, 0.1) is 5.41 Å². The summed E-state index contributed by atoms with van der Waals surface area (Å²) >= 11 is 1.97. The van der Waals surface area contributed by atoms with Crippen LogP contribution in [0.3, 0.4) is 0 Å². The molecule has 11 heavy (non-hydrogen) atoms. The van der Waals surface area contributed by atoms with Gasteiger partial charge in [0.2, 0.25) is 0 Å². The standard InChI is InChI=1S/C8H16N2S/c1-8(2,3)7-4-6(10-9)5-11-7/h7H,4-5,9H2,1-3H3/b10-6+. The average Bonchev–Trinajstić information content (AvgIpc) is 2.32. The molecular formula is C8H16N2S. The largest absolute Gasteiger partial charge is 0.323 e. The van der Waals surface area contributed by atoms with Gasteiger partial charge in [0.05, 0.1) is 0 Å². The highest BCUT2D eigenvalue weighted by Crippen LogP contribution is 2.37. The first kappa shape index (κ1) is 8.91. The lowest BCUT2D eigenvalue weighted by Crippen LogP contribution is -2.21. The van der Waals surface area contributed by atoms with Gasteiger partial charge in [-0.3, -0.25) is 0 Å². The Morgan fingerprint density at radius 3 is 2.45 bits per heavy atom. The molecule has 3 heteroatoms. The number of hydrazone groups is 1. The summed E-state index contributed by atoms with van der Waals surface area (Å²) < 4.78 is 0. The molecule has 1 atom stereocenters. The van der Waals surface area contributed by atoms with Crippen molar-refractivity contribution >= 4 is 17.5 Å². The van der Waals surface area contributed by atoms with Crippen LogP contribution in [0.5, 0.6) is 0 Å². The van der Waals surface area contributed by atoms with E-state index >= 15 is 0 Å². The van der Waals surface area contributed by atoms with Crippen LogP contribution in [0.25, 0.3) is 0 Å². The highest BCUT2D eigenvalue weighted by atomic mass is 32.2. The van der Waals surface area contributed by atoms with Gasteiger partial charge >= 0.3 is 0 Å². The Balaban J connectivity index is 2.55. The minimum atomic E-state index is 0.386. The molecule has 1 aliphatic rings. The van der Waals surface area contributed by atoms with Crippen molar-refractivity contribution in [1.29, 1.82) is 0 Å². The third-order valence-corrected chi connectivity index (χ3v) is 3.80. The molecule has 1 heterocycles. The average molecular weight is 172 g/mol. The van der Waals surface area contributed by atoms with E-state index in [-0.39, 0.29) is 0 Å². The molecule has 1 fully saturated rings. The lowest BCUT2D eigenvalue weighted by atomic mass is 9.89. The first-order valence-corrected chi connectivity index (χ1v) is 4.96. The van der Waals surface area contributed by atoms with Gasteiger partial charge in [0.1, 0.15) is 0 Å². The predicted octanol–water partition coefficient (Wildman–Crippen LogP) is 1.85. The van der Waals surface area contributed by atoms with E-state index in [1.165, 1.54) is 0 Å². The lowest BCUT2D eigenvalue weighted by Gasteiger charge is -2.24.